The van der Waals surface area contributed by atoms with E-state index in [2.05, 4.69) is 4.98 Å². The Labute approximate surface area is 132 Å². The summed E-state index contributed by atoms with van der Waals surface area (Å²) in [5.74, 6) is -7.76. The molecule has 1 aliphatic heterocycles. The molecule has 0 unspecified atom stereocenters. The predicted octanol–water partition coefficient (Wildman–Crippen LogP) is 3.07. The third-order valence-corrected chi connectivity index (χ3v) is 4.22. The molecule has 1 atom stereocenters. The number of aliphatic carboxylic acids is 1. The van der Waals surface area contributed by atoms with E-state index in [0.717, 1.165) is 0 Å². The Morgan fingerprint density at radius 1 is 1.30 bits per heavy atom. The molecule has 1 aliphatic rings. The van der Waals surface area contributed by atoms with Crippen molar-refractivity contribution in [2.75, 3.05) is 0 Å². The molecule has 3 rings (SSSR count). The largest absolute Gasteiger partial charge is 0.481 e. The number of carbonyl (C=O) groups is 1. The third-order valence-electron chi connectivity index (χ3n) is 3.90. The van der Waals surface area contributed by atoms with Crippen LogP contribution < -0.4 is 0 Å². The van der Waals surface area contributed by atoms with Crippen LogP contribution in [0.2, 0.25) is 0 Å². The average Bonchev–Trinajstić information content (AvgIpc) is 2.99. The summed E-state index contributed by atoms with van der Waals surface area (Å²) in [5, 5.41) is 8.87. The minimum atomic E-state index is -1.47. The zero-order valence-corrected chi connectivity index (χ0v) is 12.3. The van der Waals surface area contributed by atoms with Gasteiger partial charge < -0.3 is 14.7 Å². The van der Waals surface area contributed by atoms with Gasteiger partial charge in [-0.2, -0.15) is 0 Å². The lowest BCUT2D eigenvalue weighted by Crippen LogP contribution is -2.11. The fourth-order valence-electron chi connectivity index (χ4n) is 2.94. The smallest absolute Gasteiger partial charge is 0.309 e. The van der Waals surface area contributed by atoms with Crippen molar-refractivity contribution in [2.24, 2.45) is 0 Å². The first kappa shape index (κ1) is 15.7. The van der Waals surface area contributed by atoms with E-state index in [9.17, 15) is 22.4 Å². The number of carboxylic acid groups (broad SMARTS) is 1. The van der Waals surface area contributed by atoms with E-state index in [1.165, 1.54) is 4.57 Å². The van der Waals surface area contributed by atoms with Crippen molar-refractivity contribution in [3.8, 4) is 0 Å². The highest BCUT2D eigenvalue weighted by Crippen LogP contribution is 2.36. The van der Waals surface area contributed by atoms with Crippen LogP contribution in [0.4, 0.5) is 17.6 Å². The third kappa shape index (κ3) is 2.54. The van der Waals surface area contributed by atoms with Crippen LogP contribution >= 0.6 is 12.2 Å². The minimum absolute atomic E-state index is 0.0149. The van der Waals surface area contributed by atoms with Crippen LogP contribution in [0.15, 0.2) is 6.07 Å². The maximum Gasteiger partial charge on any atom is 0.309 e. The monoisotopic (exact) mass is 346 g/mol. The van der Waals surface area contributed by atoms with Crippen LogP contribution in [0.1, 0.15) is 22.9 Å². The van der Waals surface area contributed by atoms with Crippen molar-refractivity contribution >= 4 is 18.2 Å². The summed E-state index contributed by atoms with van der Waals surface area (Å²) in [7, 11) is 0. The number of hydrogen-bond acceptors (Lipinski definition) is 2. The van der Waals surface area contributed by atoms with E-state index in [4.69, 9.17) is 17.3 Å². The van der Waals surface area contributed by atoms with Gasteiger partial charge in [-0.3, -0.25) is 4.79 Å². The molecule has 4 nitrogen and oxygen atoms in total. The Kier molecular flexibility index (Phi) is 3.75. The standard InChI is InChI=1S/C14H10F4N2O2S/c15-6-2-7(16)13(18)11(12(6)17)5-1-9-8(3-10(21)22)19-14(23)20(9)4-5/h2,5H,1,3-4H2,(H,19,23)(H,21,22)/t5-/m0/s1. The molecule has 0 bridgehead atoms. The molecular weight excluding hydrogens is 336 g/mol. The second-order valence-corrected chi connectivity index (χ2v) is 5.71. The van der Waals surface area contributed by atoms with Crippen LogP contribution in [-0.4, -0.2) is 20.6 Å². The molecule has 122 valence electrons. The molecule has 9 heteroatoms. The molecule has 0 saturated carbocycles. The number of nitrogens with zero attached hydrogens (tertiary/aromatic N) is 1. The van der Waals surface area contributed by atoms with Gasteiger partial charge in [0.05, 0.1) is 6.42 Å². The summed E-state index contributed by atoms with van der Waals surface area (Å²) in [6.07, 6.45) is -0.298. The number of rotatable bonds is 3. The molecule has 0 aliphatic carbocycles. The average molecular weight is 346 g/mol. The summed E-state index contributed by atoms with van der Waals surface area (Å²) in [4.78, 5) is 13.6. The van der Waals surface area contributed by atoms with Crippen LogP contribution in [0.3, 0.4) is 0 Å². The quantitative estimate of drug-likeness (QED) is 0.510. The van der Waals surface area contributed by atoms with E-state index >= 15 is 0 Å². The molecule has 2 aromatic rings. The Hall–Kier alpha value is -2.16. The molecule has 2 heterocycles. The van der Waals surface area contributed by atoms with E-state index in [-0.39, 0.29) is 30.2 Å². The number of nitrogens with one attached hydrogen (secondary N) is 1. The molecule has 0 radical (unpaired) electrons. The zero-order chi connectivity index (χ0) is 16.9. The Morgan fingerprint density at radius 3 is 2.48 bits per heavy atom. The van der Waals surface area contributed by atoms with Gasteiger partial charge in [-0.25, -0.2) is 17.6 Å². The second kappa shape index (κ2) is 5.48. The van der Waals surface area contributed by atoms with Gasteiger partial charge in [-0.05, 0) is 18.6 Å². The van der Waals surface area contributed by atoms with E-state index in [1.54, 1.807) is 0 Å². The first-order chi connectivity index (χ1) is 10.8. The van der Waals surface area contributed by atoms with Crippen molar-refractivity contribution in [2.45, 2.75) is 25.3 Å². The number of carboxylic acids is 1. The van der Waals surface area contributed by atoms with Crippen LogP contribution in [-0.2, 0) is 24.2 Å². The van der Waals surface area contributed by atoms with Crippen LogP contribution in [0, 0.1) is 28.0 Å². The highest BCUT2D eigenvalue weighted by atomic mass is 32.1. The van der Waals surface area contributed by atoms with Gasteiger partial charge in [-0.15, -0.1) is 0 Å². The lowest BCUT2D eigenvalue weighted by molar-refractivity contribution is -0.136. The molecule has 1 aromatic carbocycles. The maximum absolute atomic E-state index is 13.9. The molecule has 0 fully saturated rings. The van der Waals surface area contributed by atoms with Crippen molar-refractivity contribution in [3.05, 3.63) is 51.1 Å². The highest BCUT2D eigenvalue weighted by molar-refractivity contribution is 7.71. The Morgan fingerprint density at radius 2 is 1.91 bits per heavy atom. The maximum atomic E-state index is 13.9. The first-order valence-electron chi connectivity index (χ1n) is 6.64. The minimum Gasteiger partial charge on any atom is -0.481 e. The van der Waals surface area contributed by atoms with Gasteiger partial charge in [0.1, 0.15) is 0 Å². The fraction of sp³-hybridized carbons (Fsp3) is 0.286. The van der Waals surface area contributed by atoms with E-state index in [0.29, 0.717) is 11.4 Å². The summed E-state index contributed by atoms with van der Waals surface area (Å²) < 4.78 is 56.3. The number of H-pyrrole nitrogens is 1. The number of benzene rings is 1. The van der Waals surface area contributed by atoms with Gasteiger partial charge in [0.2, 0.25) is 0 Å². The Bertz CT molecular complexity index is 848. The number of hydrogen-bond donors (Lipinski definition) is 2. The van der Waals surface area contributed by atoms with Gasteiger partial charge in [0.15, 0.2) is 28.0 Å². The van der Waals surface area contributed by atoms with Gasteiger partial charge in [0.25, 0.3) is 0 Å². The van der Waals surface area contributed by atoms with Crippen LogP contribution in [0.25, 0.3) is 0 Å². The summed E-state index contributed by atoms with van der Waals surface area (Å²) >= 11 is 5.05. The molecule has 0 spiro atoms. The Balaban J connectivity index is 2.04. The van der Waals surface area contributed by atoms with Crippen molar-refractivity contribution in [3.63, 3.8) is 0 Å². The van der Waals surface area contributed by atoms with Crippen molar-refractivity contribution in [1.82, 2.24) is 9.55 Å². The second-order valence-electron chi connectivity index (χ2n) is 5.32. The number of fused-ring (bicyclic) bond motifs is 1. The van der Waals surface area contributed by atoms with Crippen LogP contribution in [0.5, 0.6) is 0 Å². The number of aromatic nitrogens is 2. The topological polar surface area (TPSA) is 58.0 Å². The number of aromatic amines is 1. The molecular formula is C14H10F4N2O2S. The fourth-order valence-corrected chi connectivity index (χ4v) is 3.25. The summed E-state index contributed by atoms with van der Waals surface area (Å²) in [6, 6.07) is 0.158. The molecule has 0 saturated heterocycles. The van der Waals surface area contributed by atoms with Gasteiger partial charge in [-0.1, -0.05) is 0 Å². The van der Waals surface area contributed by atoms with E-state index in [1.807, 2.05) is 0 Å². The van der Waals surface area contributed by atoms with Gasteiger partial charge in [0, 0.05) is 35.5 Å². The first-order valence-corrected chi connectivity index (χ1v) is 7.05. The zero-order valence-electron chi connectivity index (χ0n) is 11.5. The lowest BCUT2D eigenvalue weighted by Gasteiger charge is -2.13. The van der Waals surface area contributed by atoms with Gasteiger partial charge >= 0.3 is 5.97 Å². The lowest BCUT2D eigenvalue weighted by atomic mass is 9.94. The normalized spacial score (nSPS) is 16.6. The number of halogens is 4. The molecule has 0 amide bonds. The van der Waals surface area contributed by atoms with Crippen molar-refractivity contribution in [1.29, 1.82) is 0 Å². The van der Waals surface area contributed by atoms with E-state index < -0.39 is 40.7 Å². The SMILES string of the molecule is O=C(O)Cc1[nH]c(=S)n2c1C[C@H](c1c(F)c(F)cc(F)c1F)C2. The predicted molar refractivity (Wildman–Crippen MR) is 73.7 cm³/mol. The summed E-state index contributed by atoms with van der Waals surface area (Å²) in [6.45, 7) is 0.0149. The molecule has 2 N–H and O–H groups in total. The molecule has 23 heavy (non-hydrogen) atoms. The number of imidazole rings is 1. The summed E-state index contributed by atoms with van der Waals surface area (Å²) in [5.41, 5.74) is 0.121. The molecule has 1 aromatic heterocycles. The van der Waals surface area contributed by atoms with Crippen molar-refractivity contribution < 1.29 is 27.5 Å². The highest BCUT2D eigenvalue weighted by Gasteiger charge is 2.33.